The van der Waals surface area contributed by atoms with Crippen LogP contribution in [-0.2, 0) is 0 Å². The number of ether oxygens (including phenoxy) is 1. The van der Waals surface area contributed by atoms with E-state index in [4.69, 9.17) is 4.74 Å². The molecule has 3 aromatic rings. The number of carbonyl (C=O) groups excluding carboxylic acids is 1. The van der Waals surface area contributed by atoms with Gasteiger partial charge in [0, 0.05) is 37.1 Å². The van der Waals surface area contributed by atoms with Gasteiger partial charge in [0.15, 0.2) is 0 Å². The smallest absolute Gasteiger partial charge is 0.255 e. The summed E-state index contributed by atoms with van der Waals surface area (Å²) in [6.45, 7) is 2.60. The molecule has 4 rings (SSSR count). The highest BCUT2D eigenvalue weighted by molar-refractivity contribution is 5.98. The number of pyridine rings is 1. The molecular formula is C25H30N4O2. The van der Waals surface area contributed by atoms with Gasteiger partial charge in [-0.2, -0.15) is 0 Å². The molecular weight excluding hydrogens is 388 g/mol. The lowest BCUT2D eigenvalue weighted by atomic mass is 10.00. The van der Waals surface area contributed by atoms with Gasteiger partial charge in [-0.1, -0.05) is 30.3 Å². The summed E-state index contributed by atoms with van der Waals surface area (Å²) in [5.74, 6) is 0.780. The SMILES string of the molecule is COc1ccc2cc(C(=O)N(C)CCCC3CC(c4ccccc4)NN3)c(C)nc2c1. The Kier molecular flexibility index (Phi) is 6.49. The lowest BCUT2D eigenvalue weighted by molar-refractivity contribution is 0.0790. The van der Waals surface area contributed by atoms with Crippen molar-refractivity contribution in [3.8, 4) is 5.75 Å². The van der Waals surface area contributed by atoms with Gasteiger partial charge >= 0.3 is 0 Å². The molecule has 2 heterocycles. The van der Waals surface area contributed by atoms with Crippen LogP contribution in [0.2, 0.25) is 0 Å². The molecule has 1 saturated heterocycles. The van der Waals surface area contributed by atoms with Crippen molar-refractivity contribution in [2.24, 2.45) is 0 Å². The predicted molar refractivity (Wildman–Crippen MR) is 123 cm³/mol. The van der Waals surface area contributed by atoms with Gasteiger partial charge in [0.25, 0.3) is 5.91 Å². The average molecular weight is 419 g/mol. The van der Waals surface area contributed by atoms with E-state index in [1.54, 1.807) is 12.0 Å². The maximum absolute atomic E-state index is 13.0. The highest BCUT2D eigenvalue weighted by Gasteiger charge is 2.24. The van der Waals surface area contributed by atoms with E-state index in [2.05, 4.69) is 40.1 Å². The van der Waals surface area contributed by atoms with E-state index in [9.17, 15) is 4.79 Å². The van der Waals surface area contributed by atoms with Gasteiger partial charge in [0.2, 0.25) is 0 Å². The number of aryl methyl sites for hydroxylation is 1. The van der Waals surface area contributed by atoms with Gasteiger partial charge in [-0.15, -0.1) is 0 Å². The van der Waals surface area contributed by atoms with Crippen molar-refractivity contribution in [1.29, 1.82) is 0 Å². The number of hydrogen-bond acceptors (Lipinski definition) is 5. The number of nitrogens with one attached hydrogen (secondary N) is 2. The van der Waals surface area contributed by atoms with E-state index in [-0.39, 0.29) is 5.91 Å². The molecule has 2 N–H and O–H groups in total. The van der Waals surface area contributed by atoms with Crippen molar-refractivity contribution >= 4 is 16.8 Å². The summed E-state index contributed by atoms with van der Waals surface area (Å²) in [5.41, 5.74) is 10.3. The molecule has 2 atom stereocenters. The number of carbonyl (C=O) groups is 1. The van der Waals surface area contributed by atoms with Crippen LogP contribution in [0.1, 0.15) is 46.9 Å². The number of amides is 1. The minimum absolute atomic E-state index is 0.0161. The Balaban J connectivity index is 1.32. The fourth-order valence-electron chi connectivity index (χ4n) is 4.18. The summed E-state index contributed by atoms with van der Waals surface area (Å²) in [4.78, 5) is 19.5. The second-order valence-corrected chi connectivity index (χ2v) is 8.23. The number of hydrazine groups is 1. The number of rotatable bonds is 7. The first-order valence-electron chi connectivity index (χ1n) is 10.8. The van der Waals surface area contributed by atoms with Crippen molar-refractivity contribution in [2.45, 2.75) is 38.3 Å². The number of fused-ring (bicyclic) bond motifs is 1. The van der Waals surface area contributed by atoms with E-state index < -0.39 is 0 Å². The maximum atomic E-state index is 13.0. The Labute approximate surface area is 183 Å². The van der Waals surface area contributed by atoms with Gasteiger partial charge in [-0.3, -0.25) is 20.6 Å². The summed E-state index contributed by atoms with van der Waals surface area (Å²) < 4.78 is 5.27. The van der Waals surface area contributed by atoms with E-state index >= 15 is 0 Å². The highest BCUT2D eigenvalue weighted by Crippen LogP contribution is 2.25. The Bertz CT molecular complexity index is 1050. The van der Waals surface area contributed by atoms with Crippen LogP contribution in [0.4, 0.5) is 0 Å². The molecule has 1 amide bonds. The average Bonchev–Trinajstić information content (AvgIpc) is 3.27. The van der Waals surface area contributed by atoms with Crippen molar-refractivity contribution in [3.63, 3.8) is 0 Å². The van der Waals surface area contributed by atoms with Crippen LogP contribution >= 0.6 is 0 Å². The van der Waals surface area contributed by atoms with Crippen LogP contribution in [0.5, 0.6) is 5.75 Å². The molecule has 0 radical (unpaired) electrons. The van der Waals surface area contributed by atoms with Gasteiger partial charge in [0.05, 0.1) is 23.9 Å². The van der Waals surface area contributed by atoms with E-state index in [1.807, 2.05) is 44.3 Å². The third kappa shape index (κ3) is 4.86. The van der Waals surface area contributed by atoms with Crippen LogP contribution < -0.4 is 15.6 Å². The molecule has 2 unspecified atom stereocenters. The number of aromatic nitrogens is 1. The normalized spacial score (nSPS) is 18.3. The molecule has 1 aromatic heterocycles. The van der Waals surface area contributed by atoms with Crippen LogP contribution in [0, 0.1) is 6.92 Å². The maximum Gasteiger partial charge on any atom is 0.255 e. The summed E-state index contributed by atoms with van der Waals surface area (Å²) >= 11 is 0. The van der Waals surface area contributed by atoms with E-state index in [0.29, 0.717) is 24.2 Å². The summed E-state index contributed by atoms with van der Waals surface area (Å²) in [6.07, 6.45) is 3.02. The first-order chi connectivity index (χ1) is 15.0. The molecule has 0 spiro atoms. The lowest BCUT2D eigenvalue weighted by Gasteiger charge is -2.19. The zero-order valence-corrected chi connectivity index (χ0v) is 18.4. The Morgan fingerprint density at radius 1 is 1.16 bits per heavy atom. The molecule has 0 bridgehead atoms. The van der Waals surface area contributed by atoms with E-state index in [0.717, 1.165) is 41.6 Å². The molecule has 6 nitrogen and oxygen atoms in total. The van der Waals surface area contributed by atoms with Crippen LogP contribution in [0.15, 0.2) is 54.6 Å². The number of methoxy groups -OCH3 is 1. The molecule has 1 fully saturated rings. The van der Waals surface area contributed by atoms with Gasteiger partial charge in [-0.25, -0.2) is 0 Å². The van der Waals surface area contributed by atoms with Crippen LogP contribution in [-0.4, -0.2) is 42.5 Å². The number of nitrogens with zero attached hydrogens (tertiary/aromatic N) is 2. The topological polar surface area (TPSA) is 66.5 Å². The summed E-state index contributed by atoms with van der Waals surface area (Å²) in [7, 11) is 3.51. The Hall–Kier alpha value is -2.96. The molecule has 2 aromatic carbocycles. The minimum atomic E-state index is 0.0161. The first-order valence-corrected chi connectivity index (χ1v) is 10.8. The lowest BCUT2D eigenvalue weighted by Crippen LogP contribution is -2.32. The largest absolute Gasteiger partial charge is 0.497 e. The Morgan fingerprint density at radius 2 is 1.97 bits per heavy atom. The zero-order valence-electron chi connectivity index (χ0n) is 18.4. The van der Waals surface area contributed by atoms with Crippen molar-refractivity contribution in [2.75, 3.05) is 20.7 Å². The fraction of sp³-hybridized carbons (Fsp3) is 0.360. The van der Waals surface area contributed by atoms with Crippen molar-refractivity contribution in [1.82, 2.24) is 20.7 Å². The monoisotopic (exact) mass is 418 g/mol. The van der Waals surface area contributed by atoms with E-state index in [1.165, 1.54) is 5.56 Å². The number of hydrogen-bond donors (Lipinski definition) is 2. The highest BCUT2D eigenvalue weighted by atomic mass is 16.5. The third-order valence-electron chi connectivity index (χ3n) is 6.02. The standard InChI is InChI=1S/C25H30N4O2/c1-17-22(14-19-11-12-21(31-3)16-23(19)26-17)25(30)29(2)13-7-10-20-15-24(28-27-20)18-8-5-4-6-9-18/h4-6,8-9,11-12,14,16,20,24,27-28H,7,10,13,15H2,1-3H3. The number of benzene rings is 2. The van der Waals surface area contributed by atoms with Gasteiger partial charge in [0.1, 0.15) is 5.75 Å². The molecule has 1 aliphatic heterocycles. The van der Waals surface area contributed by atoms with Gasteiger partial charge in [-0.05, 0) is 49.9 Å². The van der Waals surface area contributed by atoms with Crippen LogP contribution in [0.3, 0.4) is 0 Å². The second kappa shape index (κ2) is 9.45. The summed E-state index contributed by atoms with van der Waals surface area (Å²) in [5, 5.41) is 0.941. The van der Waals surface area contributed by atoms with Crippen molar-refractivity contribution in [3.05, 3.63) is 71.4 Å². The molecule has 162 valence electrons. The molecule has 6 heteroatoms. The minimum Gasteiger partial charge on any atom is -0.497 e. The quantitative estimate of drug-likeness (QED) is 0.607. The zero-order chi connectivity index (χ0) is 21.8. The predicted octanol–water partition coefficient (Wildman–Crippen LogP) is 4.01. The molecule has 0 aliphatic carbocycles. The van der Waals surface area contributed by atoms with Gasteiger partial charge < -0.3 is 9.64 Å². The summed E-state index contributed by atoms with van der Waals surface area (Å²) in [6, 6.07) is 18.9. The molecule has 31 heavy (non-hydrogen) atoms. The molecule has 0 saturated carbocycles. The Morgan fingerprint density at radius 3 is 2.74 bits per heavy atom. The van der Waals surface area contributed by atoms with Crippen LogP contribution in [0.25, 0.3) is 10.9 Å². The second-order valence-electron chi connectivity index (χ2n) is 8.23. The van der Waals surface area contributed by atoms with Crippen molar-refractivity contribution < 1.29 is 9.53 Å². The third-order valence-corrected chi connectivity index (χ3v) is 6.02. The fourth-order valence-corrected chi connectivity index (χ4v) is 4.18. The first kappa shape index (κ1) is 21.3. The molecule has 1 aliphatic rings.